The summed E-state index contributed by atoms with van der Waals surface area (Å²) in [6.07, 6.45) is 0.911. The quantitative estimate of drug-likeness (QED) is 0.816. The number of aryl methyl sites for hydroxylation is 1. The zero-order valence-electron chi connectivity index (χ0n) is 15.0. The average molecular weight is 391 g/mol. The lowest BCUT2D eigenvalue weighted by Gasteiger charge is -2.19. The van der Waals surface area contributed by atoms with Gasteiger partial charge in [0, 0.05) is 25.3 Å². The summed E-state index contributed by atoms with van der Waals surface area (Å²) < 4.78 is 36.7. The topological polar surface area (TPSA) is 92.5 Å². The molecule has 6 nitrogen and oxygen atoms in total. The number of nitrogens with zero attached hydrogens (tertiary/aromatic N) is 1. The molecule has 2 aromatic carbocycles. The molecule has 1 aliphatic rings. The van der Waals surface area contributed by atoms with E-state index in [1.54, 1.807) is 0 Å². The van der Waals surface area contributed by atoms with E-state index in [9.17, 15) is 17.6 Å². The molecule has 0 saturated carbocycles. The molecule has 3 N–H and O–H groups in total. The van der Waals surface area contributed by atoms with Crippen LogP contribution in [0.5, 0.6) is 0 Å². The van der Waals surface area contributed by atoms with Gasteiger partial charge in [0.15, 0.2) is 0 Å². The van der Waals surface area contributed by atoms with Gasteiger partial charge in [-0.05, 0) is 49.6 Å². The van der Waals surface area contributed by atoms with Crippen molar-refractivity contribution in [2.24, 2.45) is 11.1 Å². The van der Waals surface area contributed by atoms with Crippen LogP contribution >= 0.6 is 0 Å². The molecule has 3 rings (SSSR count). The summed E-state index contributed by atoms with van der Waals surface area (Å²) in [6, 6.07) is 11.2. The van der Waals surface area contributed by atoms with E-state index in [1.807, 2.05) is 6.92 Å². The van der Waals surface area contributed by atoms with Gasteiger partial charge in [-0.15, -0.1) is 0 Å². The Balaban J connectivity index is 1.61. The molecule has 8 heteroatoms. The van der Waals surface area contributed by atoms with Gasteiger partial charge in [0.25, 0.3) is 5.91 Å². The predicted molar refractivity (Wildman–Crippen MR) is 102 cm³/mol. The normalized spacial score (nSPS) is 17.1. The maximum atomic E-state index is 13.9. The van der Waals surface area contributed by atoms with Gasteiger partial charge in [0.2, 0.25) is 10.0 Å². The zero-order chi connectivity index (χ0) is 19.6. The number of primary sulfonamides is 1. The Morgan fingerprint density at radius 2 is 1.96 bits per heavy atom. The molecule has 0 spiro atoms. The van der Waals surface area contributed by atoms with Crippen molar-refractivity contribution in [1.29, 1.82) is 0 Å². The van der Waals surface area contributed by atoms with E-state index in [0.29, 0.717) is 6.54 Å². The standard InChI is InChI=1S/C19H22FN3O3S/c1-13-2-4-15(5-3-13)23-9-8-14(12-23)11-22-19(24)17-10-16(27(21,25)26)6-7-18(17)20/h2-7,10,14H,8-9,11-12H2,1H3,(H,22,24)(H2,21,25,26). The van der Waals surface area contributed by atoms with Crippen molar-refractivity contribution in [3.8, 4) is 0 Å². The minimum Gasteiger partial charge on any atom is -0.371 e. The van der Waals surface area contributed by atoms with Crippen LogP contribution in [-0.4, -0.2) is 34.0 Å². The highest BCUT2D eigenvalue weighted by atomic mass is 32.2. The number of sulfonamides is 1. The number of carbonyl (C=O) groups excluding carboxylic acids is 1. The van der Waals surface area contributed by atoms with Crippen LogP contribution < -0.4 is 15.4 Å². The minimum absolute atomic E-state index is 0.236. The van der Waals surface area contributed by atoms with E-state index in [2.05, 4.69) is 34.5 Å². The number of amides is 1. The van der Waals surface area contributed by atoms with Gasteiger partial charge in [0.1, 0.15) is 5.82 Å². The third kappa shape index (κ3) is 4.64. The van der Waals surface area contributed by atoms with Gasteiger partial charge >= 0.3 is 0 Å². The van der Waals surface area contributed by atoms with E-state index in [-0.39, 0.29) is 16.4 Å². The van der Waals surface area contributed by atoms with E-state index in [4.69, 9.17) is 5.14 Å². The summed E-state index contributed by atoms with van der Waals surface area (Å²) >= 11 is 0. The maximum absolute atomic E-state index is 13.9. The Morgan fingerprint density at radius 3 is 2.63 bits per heavy atom. The second kappa shape index (κ2) is 7.66. The van der Waals surface area contributed by atoms with Crippen molar-refractivity contribution in [3.63, 3.8) is 0 Å². The summed E-state index contributed by atoms with van der Waals surface area (Å²) in [5.41, 5.74) is 2.02. The third-order valence-electron chi connectivity index (χ3n) is 4.75. The van der Waals surface area contributed by atoms with Crippen LogP contribution in [0.2, 0.25) is 0 Å². The molecule has 0 radical (unpaired) electrons. The van der Waals surface area contributed by atoms with Gasteiger partial charge in [-0.25, -0.2) is 17.9 Å². The van der Waals surface area contributed by atoms with Crippen LogP contribution in [0.25, 0.3) is 0 Å². The van der Waals surface area contributed by atoms with Crippen LogP contribution in [0, 0.1) is 18.7 Å². The second-order valence-corrected chi connectivity index (χ2v) is 8.39. The van der Waals surface area contributed by atoms with Gasteiger partial charge in [-0.2, -0.15) is 0 Å². The van der Waals surface area contributed by atoms with Gasteiger partial charge in [-0.3, -0.25) is 4.79 Å². The Bertz CT molecular complexity index is 945. The van der Waals surface area contributed by atoms with Crippen molar-refractivity contribution < 1.29 is 17.6 Å². The highest BCUT2D eigenvalue weighted by Gasteiger charge is 2.24. The average Bonchev–Trinajstić information content (AvgIpc) is 3.08. The lowest BCUT2D eigenvalue weighted by Crippen LogP contribution is -2.31. The van der Waals surface area contributed by atoms with Crippen molar-refractivity contribution in [2.45, 2.75) is 18.2 Å². The molecule has 1 amide bonds. The number of hydrogen-bond acceptors (Lipinski definition) is 4. The van der Waals surface area contributed by atoms with E-state index < -0.39 is 21.7 Å². The molecule has 1 aliphatic heterocycles. The first kappa shape index (κ1) is 19.3. The highest BCUT2D eigenvalue weighted by molar-refractivity contribution is 7.89. The monoisotopic (exact) mass is 391 g/mol. The fraction of sp³-hybridized carbons (Fsp3) is 0.316. The molecule has 1 fully saturated rings. The van der Waals surface area contributed by atoms with Crippen LogP contribution in [0.4, 0.5) is 10.1 Å². The van der Waals surface area contributed by atoms with Crippen LogP contribution in [0.1, 0.15) is 22.3 Å². The highest BCUT2D eigenvalue weighted by Crippen LogP contribution is 2.24. The Kier molecular flexibility index (Phi) is 5.48. The number of benzene rings is 2. The molecule has 2 aromatic rings. The molecule has 144 valence electrons. The zero-order valence-corrected chi connectivity index (χ0v) is 15.8. The van der Waals surface area contributed by atoms with Crippen LogP contribution in [-0.2, 0) is 10.0 Å². The first-order chi connectivity index (χ1) is 12.7. The molecule has 1 unspecified atom stereocenters. The Morgan fingerprint density at radius 1 is 1.26 bits per heavy atom. The third-order valence-corrected chi connectivity index (χ3v) is 5.66. The first-order valence-electron chi connectivity index (χ1n) is 8.66. The fourth-order valence-electron chi connectivity index (χ4n) is 3.18. The molecule has 0 aromatic heterocycles. The van der Waals surface area contributed by atoms with Gasteiger partial charge in [-0.1, -0.05) is 17.7 Å². The fourth-order valence-corrected chi connectivity index (χ4v) is 3.72. The minimum atomic E-state index is -4.00. The number of carbonyl (C=O) groups is 1. The van der Waals surface area contributed by atoms with Gasteiger partial charge < -0.3 is 10.2 Å². The summed E-state index contributed by atoms with van der Waals surface area (Å²) in [4.78, 5) is 14.2. The van der Waals surface area contributed by atoms with Crippen molar-refractivity contribution in [1.82, 2.24) is 5.32 Å². The molecular weight excluding hydrogens is 369 g/mol. The summed E-state index contributed by atoms with van der Waals surface area (Å²) in [6.45, 7) is 4.11. The lowest BCUT2D eigenvalue weighted by atomic mass is 10.1. The second-order valence-electron chi connectivity index (χ2n) is 6.83. The van der Waals surface area contributed by atoms with Crippen molar-refractivity contribution in [2.75, 3.05) is 24.5 Å². The maximum Gasteiger partial charge on any atom is 0.254 e. The van der Waals surface area contributed by atoms with Crippen molar-refractivity contribution >= 4 is 21.6 Å². The molecule has 1 heterocycles. The molecule has 0 bridgehead atoms. The Hall–Kier alpha value is -2.45. The molecule has 1 atom stereocenters. The Labute approximate surface area is 158 Å². The van der Waals surface area contributed by atoms with E-state index in [1.165, 1.54) is 5.56 Å². The lowest BCUT2D eigenvalue weighted by molar-refractivity contribution is 0.0944. The SMILES string of the molecule is Cc1ccc(N2CCC(CNC(=O)c3cc(S(N)(=O)=O)ccc3F)C2)cc1. The number of rotatable bonds is 5. The molecule has 0 aliphatic carbocycles. The number of nitrogens with two attached hydrogens (primary N) is 1. The van der Waals surface area contributed by atoms with Gasteiger partial charge in [0.05, 0.1) is 10.5 Å². The summed E-state index contributed by atoms with van der Waals surface area (Å²) in [5, 5.41) is 7.74. The number of nitrogens with one attached hydrogen (secondary N) is 1. The molecule has 1 saturated heterocycles. The molecular formula is C19H22FN3O3S. The smallest absolute Gasteiger partial charge is 0.254 e. The number of halogens is 1. The van der Waals surface area contributed by atoms with E-state index in [0.717, 1.165) is 43.4 Å². The van der Waals surface area contributed by atoms with Crippen molar-refractivity contribution in [3.05, 3.63) is 59.4 Å². The predicted octanol–water partition coefficient (Wildman–Crippen LogP) is 2.04. The van der Waals surface area contributed by atoms with Crippen LogP contribution in [0.3, 0.4) is 0 Å². The molecule has 27 heavy (non-hydrogen) atoms. The van der Waals surface area contributed by atoms with Crippen LogP contribution in [0.15, 0.2) is 47.4 Å². The van der Waals surface area contributed by atoms with E-state index >= 15 is 0 Å². The first-order valence-corrected chi connectivity index (χ1v) is 10.2. The summed E-state index contributed by atoms with van der Waals surface area (Å²) in [5.74, 6) is -1.20. The number of hydrogen-bond donors (Lipinski definition) is 2. The summed E-state index contributed by atoms with van der Waals surface area (Å²) in [7, 11) is -4.00. The number of anilines is 1. The largest absolute Gasteiger partial charge is 0.371 e.